The molecule has 1 aromatic heterocycles. The number of nitrogens with one attached hydrogen (secondary N) is 1. The maximum Gasteiger partial charge on any atom is 0.214 e. The lowest BCUT2D eigenvalue weighted by molar-refractivity contribution is 0.398. The summed E-state index contributed by atoms with van der Waals surface area (Å²) in [6.45, 7) is 0. The van der Waals surface area contributed by atoms with Crippen LogP contribution in [-0.4, -0.2) is 18.1 Å². The second-order valence-corrected chi connectivity index (χ2v) is 3.71. The first-order valence-electron chi connectivity index (χ1n) is 5.15. The molecule has 1 heterocycles. The van der Waals surface area contributed by atoms with Crippen molar-refractivity contribution >= 4 is 5.69 Å². The second kappa shape index (κ2) is 4.31. The molecule has 0 aromatic carbocycles. The highest BCUT2D eigenvalue weighted by molar-refractivity contribution is 5.45. The van der Waals surface area contributed by atoms with E-state index >= 15 is 0 Å². The van der Waals surface area contributed by atoms with Gasteiger partial charge in [-0.15, -0.1) is 0 Å². The Morgan fingerprint density at radius 3 is 2.93 bits per heavy atom. The van der Waals surface area contributed by atoms with Crippen molar-refractivity contribution in [1.82, 2.24) is 4.98 Å². The third-order valence-corrected chi connectivity index (χ3v) is 2.67. The molecule has 0 unspecified atom stereocenters. The summed E-state index contributed by atoms with van der Waals surface area (Å²) in [5.41, 5.74) is 1.11. The highest BCUT2D eigenvalue weighted by Crippen LogP contribution is 2.23. The van der Waals surface area contributed by atoms with Crippen LogP contribution < -0.4 is 10.1 Å². The van der Waals surface area contributed by atoms with Crippen LogP contribution in [0.2, 0.25) is 0 Å². The Balaban J connectivity index is 2.00. The number of nitrogens with zero attached hydrogens (tertiary/aromatic N) is 1. The third kappa shape index (κ3) is 2.16. The summed E-state index contributed by atoms with van der Waals surface area (Å²) in [7, 11) is 1.64. The Morgan fingerprint density at radius 2 is 2.21 bits per heavy atom. The summed E-state index contributed by atoms with van der Waals surface area (Å²) in [5.74, 6) is 0.674. The molecule has 1 fully saturated rings. The fourth-order valence-electron chi connectivity index (χ4n) is 1.92. The van der Waals surface area contributed by atoms with Gasteiger partial charge in [0.2, 0.25) is 5.88 Å². The molecule has 2 rings (SSSR count). The van der Waals surface area contributed by atoms with E-state index in [1.165, 1.54) is 25.7 Å². The lowest BCUT2D eigenvalue weighted by Gasteiger charge is -2.13. The van der Waals surface area contributed by atoms with Gasteiger partial charge in [-0.1, -0.05) is 12.8 Å². The average Bonchev–Trinajstić information content (AvgIpc) is 2.71. The summed E-state index contributed by atoms with van der Waals surface area (Å²) in [6.07, 6.45) is 7.03. The van der Waals surface area contributed by atoms with E-state index in [9.17, 15) is 0 Å². The van der Waals surface area contributed by atoms with E-state index < -0.39 is 0 Å². The minimum absolute atomic E-state index is 0.641. The second-order valence-electron chi connectivity index (χ2n) is 3.71. The van der Waals surface area contributed by atoms with Gasteiger partial charge in [-0.2, -0.15) is 0 Å². The Hall–Kier alpha value is -1.25. The lowest BCUT2D eigenvalue weighted by Crippen LogP contribution is -2.14. The zero-order valence-corrected chi connectivity index (χ0v) is 8.49. The van der Waals surface area contributed by atoms with E-state index in [2.05, 4.69) is 10.3 Å². The molecule has 14 heavy (non-hydrogen) atoms. The van der Waals surface area contributed by atoms with Crippen LogP contribution >= 0.6 is 0 Å². The highest BCUT2D eigenvalue weighted by Gasteiger charge is 2.14. The van der Waals surface area contributed by atoms with E-state index in [0.717, 1.165) is 5.69 Å². The predicted octanol–water partition coefficient (Wildman–Crippen LogP) is 2.44. The molecule has 1 aromatic rings. The SMILES string of the molecule is COc1cc(NC2CCCC2)ccn1. The van der Waals surface area contributed by atoms with Crippen LogP contribution in [0, 0.1) is 0 Å². The van der Waals surface area contributed by atoms with Gasteiger partial charge in [-0.25, -0.2) is 4.98 Å². The Labute approximate surface area is 84.5 Å². The normalized spacial score (nSPS) is 16.9. The van der Waals surface area contributed by atoms with E-state index in [1.807, 2.05) is 12.1 Å². The first-order valence-corrected chi connectivity index (χ1v) is 5.15. The van der Waals surface area contributed by atoms with Crippen molar-refractivity contribution in [3.63, 3.8) is 0 Å². The Morgan fingerprint density at radius 1 is 1.43 bits per heavy atom. The number of hydrogen-bond acceptors (Lipinski definition) is 3. The van der Waals surface area contributed by atoms with Gasteiger partial charge in [-0.3, -0.25) is 0 Å². The summed E-state index contributed by atoms with van der Waals surface area (Å²) in [4.78, 5) is 4.07. The van der Waals surface area contributed by atoms with Gasteiger partial charge in [0, 0.05) is 24.0 Å². The van der Waals surface area contributed by atoms with Crippen molar-refractivity contribution < 1.29 is 4.74 Å². The summed E-state index contributed by atoms with van der Waals surface area (Å²) in [6, 6.07) is 4.57. The number of ether oxygens (including phenoxy) is 1. The van der Waals surface area contributed by atoms with Gasteiger partial charge in [0.15, 0.2) is 0 Å². The van der Waals surface area contributed by atoms with Crippen LogP contribution in [0.15, 0.2) is 18.3 Å². The maximum atomic E-state index is 5.07. The lowest BCUT2D eigenvalue weighted by atomic mass is 10.2. The van der Waals surface area contributed by atoms with Crippen LogP contribution in [0.3, 0.4) is 0 Å². The molecule has 1 N–H and O–H groups in total. The fourth-order valence-corrected chi connectivity index (χ4v) is 1.92. The molecule has 0 aliphatic heterocycles. The van der Waals surface area contributed by atoms with Gasteiger partial charge < -0.3 is 10.1 Å². The number of pyridine rings is 1. The predicted molar refractivity (Wildman–Crippen MR) is 56.7 cm³/mol. The topological polar surface area (TPSA) is 34.1 Å². The first-order chi connectivity index (χ1) is 6.88. The first kappa shape index (κ1) is 9.31. The van der Waals surface area contributed by atoms with Crippen LogP contribution in [0.25, 0.3) is 0 Å². The summed E-state index contributed by atoms with van der Waals surface area (Å²) < 4.78 is 5.07. The van der Waals surface area contributed by atoms with Crippen LogP contribution in [-0.2, 0) is 0 Å². The van der Waals surface area contributed by atoms with E-state index in [-0.39, 0.29) is 0 Å². The fraction of sp³-hybridized carbons (Fsp3) is 0.545. The van der Waals surface area contributed by atoms with Crippen molar-refractivity contribution in [2.24, 2.45) is 0 Å². The highest BCUT2D eigenvalue weighted by atomic mass is 16.5. The minimum Gasteiger partial charge on any atom is -0.481 e. The molecule has 0 atom stereocenters. The standard InChI is InChI=1S/C11H16N2O/c1-14-11-8-10(6-7-12-11)13-9-4-2-3-5-9/h6-9H,2-5H2,1H3,(H,12,13). The Kier molecular flexibility index (Phi) is 2.87. The van der Waals surface area contributed by atoms with Crippen molar-refractivity contribution in [2.75, 3.05) is 12.4 Å². The molecule has 0 saturated heterocycles. The third-order valence-electron chi connectivity index (χ3n) is 2.67. The molecule has 0 radical (unpaired) electrons. The molecule has 1 aliphatic rings. The molecule has 1 saturated carbocycles. The number of rotatable bonds is 3. The van der Waals surface area contributed by atoms with Gasteiger partial charge >= 0.3 is 0 Å². The largest absolute Gasteiger partial charge is 0.481 e. The number of hydrogen-bond donors (Lipinski definition) is 1. The molecule has 0 bridgehead atoms. The van der Waals surface area contributed by atoms with Crippen LogP contribution in [0.5, 0.6) is 5.88 Å². The molecule has 0 amide bonds. The maximum absolute atomic E-state index is 5.07. The summed E-state index contributed by atoms with van der Waals surface area (Å²) in [5, 5.41) is 3.50. The van der Waals surface area contributed by atoms with E-state index in [1.54, 1.807) is 13.3 Å². The van der Waals surface area contributed by atoms with Crippen LogP contribution in [0.1, 0.15) is 25.7 Å². The van der Waals surface area contributed by atoms with Gasteiger partial charge in [-0.05, 0) is 18.9 Å². The molecular formula is C11H16N2O. The monoisotopic (exact) mass is 192 g/mol. The number of aromatic nitrogens is 1. The van der Waals surface area contributed by atoms with Crippen molar-refractivity contribution in [3.8, 4) is 5.88 Å². The van der Waals surface area contributed by atoms with Gasteiger partial charge in [0.05, 0.1) is 7.11 Å². The smallest absolute Gasteiger partial charge is 0.214 e. The number of methoxy groups -OCH3 is 1. The molecule has 3 heteroatoms. The molecule has 3 nitrogen and oxygen atoms in total. The zero-order chi connectivity index (χ0) is 9.80. The molecule has 1 aliphatic carbocycles. The molecule has 76 valence electrons. The van der Waals surface area contributed by atoms with Crippen molar-refractivity contribution in [2.45, 2.75) is 31.7 Å². The quantitative estimate of drug-likeness (QED) is 0.798. The summed E-state index contributed by atoms with van der Waals surface area (Å²) >= 11 is 0. The zero-order valence-electron chi connectivity index (χ0n) is 8.49. The van der Waals surface area contributed by atoms with Crippen LogP contribution in [0.4, 0.5) is 5.69 Å². The van der Waals surface area contributed by atoms with Gasteiger partial charge in [0.25, 0.3) is 0 Å². The minimum atomic E-state index is 0.641. The van der Waals surface area contributed by atoms with Crippen molar-refractivity contribution in [3.05, 3.63) is 18.3 Å². The van der Waals surface area contributed by atoms with Gasteiger partial charge in [0.1, 0.15) is 0 Å². The molecular weight excluding hydrogens is 176 g/mol. The van der Waals surface area contributed by atoms with E-state index in [4.69, 9.17) is 4.74 Å². The van der Waals surface area contributed by atoms with Crippen molar-refractivity contribution in [1.29, 1.82) is 0 Å². The van der Waals surface area contributed by atoms with E-state index in [0.29, 0.717) is 11.9 Å². The number of anilines is 1. The molecule has 0 spiro atoms. The Bertz CT molecular complexity index is 295. The average molecular weight is 192 g/mol.